The zero-order valence-electron chi connectivity index (χ0n) is 7.46. The normalized spacial score (nSPS) is 6.75. The molecule has 0 aromatic heterocycles. The minimum Gasteiger partial charge on any atom is -0.327 e. The van der Waals surface area contributed by atoms with Gasteiger partial charge in [-0.15, -0.1) is 32.1 Å². The Morgan fingerprint density at radius 2 is 1.33 bits per heavy atom. The molecule has 3 N–H and O–H groups in total. The summed E-state index contributed by atoms with van der Waals surface area (Å²) in [6.07, 6.45) is 5.30. The minimum atomic E-state index is 0. The molecule has 0 rings (SSSR count). The van der Waals surface area contributed by atoms with Crippen LogP contribution in [0.4, 0.5) is 0 Å². The Labute approximate surface area is 81.6 Å². The Morgan fingerprint density at radius 1 is 1.00 bits per heavy atom. The lowest BCUT2D eigenvalue weighted by Crippen LogP contribution is -2.11. The maximum absolute atomic E-state index is 4.91. The van der Waals surface area contributed by atoms with Crippen LogP contribution in [0, 0.1) is 0 Å². The second kappa shape index (κ2) is 22.4. The van der Waals surface area contributed by atoms with Gasteiger partial charge in [-0.1, -0.05) is 18.2 Å². The molecule has 0 aromatic rings. The van der Waals surface area contributed by atoms with Gasteiger partial charge in [-0.2, -0.15) is 0 Å². The molecule has 0 spiro atoms. The molecule has 72 valence electrons. The second-order valence-corrected chi connectivity index (χ2v) is 1.76. The highest BCUT2D eigenvalue weighted by Gasteiger charge is 1.69. The molecule has 0 aromatic carbocycles. The van der Waals surface area contributed by atoms with Crippen LogP contribution in [0.15, 0.2) is 38.0 Å². The van der Waals surface area contributed by atoms with Crippen molar-refractivity contribution in [1.82, 2.24) is 5.32 Å². The van der Waals surface area contributed by atoms with Crippen molar-refractivity contribution in [1.29, 1.82) is 0 Å². The van der Waals surface area contributed by atoms with Crippen molar-refractivity contribution in [3.05, 3.63) is 38.0 Å². The number of nitrogens with two attached hydrogens (primary N) is 1. The fraction of sp³-hybridized carbons (Fsp3) is 0.333. The van der Waals surface area contributed by atoms with Gasteiger partial charge in [-0.3, -0.25) is 0 Å². The Bertz CT molecular complexity index is 94.7. The molecular weight excluding hydrogens is 172 g/mol. The summed E-state index contributed by atoms with van der Waals surface area (Å²) in [6.45, 7) is 12.7. The number of hydrogen-bond donors (Lipinski definition) is 2. The first-order valence-corrected chi connectivity index (χ1v) is 3.56. The van der Waals surface area contributed by atoms with Crippen molar-refractivity contribution in [3.63, 3.8) is 0 Å². The fourth-order valence-electron chi connectivity index (χ4n) is 0.287. The van der Waals surface area contributed by atoms with Crippen LogP contribution in [0.1, 0.15) is 0 Å². The number of nitrogens with one attached hydrogen (secondary N) is 1. The zero-order chi connectivity index (χ0) is 8.95. The van der Waals surface area contributed by atoms with Gasteiger partial charge in [0.1, 0.15) is 0 Å². The lowest BCUT2D eigenvalue weighted by molar-refractivity contribution is 0.845. The highest BCUT2D eigenvalue weighted by Crippen LogP contribution is 1.59. The van der Waals surface area contributed by atoms with E-state index < -0.39 is 0 Å². The third-order valence-electron chi connectivity index (χ3n) is 0.744. The van der Waals surface area contributed by atoms with Crippen LogP contribution in [0.5, 0.6) is 0 Å². The van der Waals surface area contributed by atoms with E-state index in [1.54, 1.807) is 6.08 Å². The Balaban J connectivity index is -0.000000142. The third kappa shape index (κ3) is 34.1. The highest BCUT2D eigenvalue weighted by atomic mass is 35.5. The first kappa shape index (κ1) is 17.5. The van der Waals surface area contributed by atoms with Crippen molar-refractivity contribution < 1.29 is 0 Å². The van der Waals surface area contributed by atoms with Gasteiger partial charge in [0, 0.05) is 19.6 Å². The molecule has 0 aliphatic heterocycles. The molecule has 0 heterocycles. The maximum Gasteiger partial charge on any atom is 0.0135 e. The molecule has 3 heteroatoms. The fourth-order valence-corrected chi connectivity index (χ4v) is 0.287. The lowest BCUT2D eigenvalue weighted by Gasteiger charge is -1.90. The van der Waals surface area contributed by atoms with Crippen LogP contribution in [-0.2, 0) is 0 Å². The Kier molecular flexibility index (Phi) is 32.7. The van der Waals surface area contributed by atoms with Gasteiger partial charge >= 0.3 is 0 Å². The average molecular weight is 191 g/mol. The second-order valence-electron chi connectivity index (χ2n) is 1.76. The summed E-state index contributed by atoms with van der Waals surface area (Å²) in [6, 6.07) is 0. The van der Waals surface area contributed by atoms with Gasteiger partial charge < -0.3 is 11.1 Å². The molecule has 2 nitrogen and oxygen atoms in total. The van der Waals surface area contributed by atoms with Gasteiger partial charge in [0.15, 0.2) is 0 Å². The van der Waals surface area contributed by atoms with Crippen molar-refractivity contribution in [2.24, 2.45) is 5.73 Å². The van der Waals surface area contributed by atoms with E-state index in [4.69, 9.17) is 5.73 Å². The van der Waals surface area contributed by atoms with Crippen molar-refractivity contribution >= 4 is 12.4 Å². The van der Waals surface area contributed by atoms with E-state index in [9.17, 15) is 0 Å². The van der Waals surface area contributed by atoms with E-state index in [1.807, 2.05) is 12.2 Å². The molecule has 0 saturated heterocycles. The average Bonchev–Trinajstić information content (AvgIpc) is 2.06. The number of halogens is 1. The monoisotopic (exact) mass is 190 g/mol. The summed E-state index contributed by atoms with van der Waals surface area (Å²) in [7, 11) is 0. The van der Waals surface area contributed by atoms with Crippen LogP contribution < -0.4 is 11.1 Å². The minimum absolute atomic E-state index is 0. The van der Waals surface area contributed by atoms with E-state index in [0.29, 0.717) is 6.54 Å². The Morgan fingerprint density at radius 3 is 1.50 bits per heavy atom. The van der Waals surface area contributed by atoms with Crippen molar-refractivity contribution in [2.45, 2.75) is 0 Å². The molecular formula is C9H19ClN2. The molecule has 0 atom stereocenters. The number of rotatable bonds is 5. The van der Waals surface area contributed by atoms with E-state index in [1.165, 1.54) is 0 Å². The Hall–Kier alpha value is -0.570. The topological polar surface area (TPSA) is 38.0 Å². The predicted molar refractivity (Wildman–Crippen MR) is 59.8 cm³/mol. The van der Waals surface area contributed by atoms with Crippen LogP contribution in [0.25, 0.3) is 0 Å². The zero-order valence-corrected chi connectivity index (χ0v) is 8.28. The SMILES string of the molecule is C=CCN.C=CCNCC=C.Cl. The maximum atomic E-state index is 4.91. The summed E-state index contributed by atoms with van der Waals surface area (Å²) in [5.74, 6) is 0. The summed E-state index contributed by atoms with van der Waals surface area (Å²) in [5, 5.41) is 3.05. The quantitative estimate of drug-likeness (QED) is 0.510. The van der Waals surface area contributed by atoms with Crippen LogP contribution in [-0.4, -0.2) is 19.6 Å². The molecule has 0 radical (unpaired) electrons. The molecule has 12 heavy (non-hydrogen) atoms. The van der Waals surface area contributed by atoms with Crippen LogP contribution in [0.2, 0.25) is 0 Å². The number of hydrogen-bond acceptors (Lipinski definition) is 2. The summed E-state index contributed by atoms with van der Waals surface area (Å²) < 4.78 is 0. The first-order chi connectivity index (χ1) is 5.33. The van der Waals surface area contributed by atoms with Gasteiger partial charge in [0.25, 0.3) is 0 Å². The summed E-state index contributed by atoms with van der Waals surface area (Å²) in [5.41, 5.74) is 4.91. The summed E-state index contributed by atoms with van der Waals surface area (Å²) in [4.78, 5) is 0. The first-order valence-electron chi connectivity index (χ1n) is 3.56. The van der Waals surface area contributed by atoms with E-state index >= 15 is 0 Å². The van der Waals surface area contributed by atoms with Gasteiger partial charge in [0.2, 0.25) is 0 Å². The molecule has 0 aliphatic carbocycles. The van der Waals surface area contributed by atoms with E-state index in [2.05, 4.69) is 25.1 Å². The smallest absolute Gasteiger partial charge is 0.0135 e. The van der Waals surface area contributed by atoms with Crippen molar-refractivity contribution in [2.75, 3.05) is 19.6 Å². The highest BCUT2D eigenvalue weighted by molar-refractivity contribution is 5.85. The standard InChI is InChI=1S/C6H11N.C3H7N.ClH/c1-3-5-7-6-4-2;1-2-3-4;/h3-4,7H,1-2,5-6H2;2H,1,3-4H2;1H. The molecule has 0 bridgehead atoms. The molecule has 0 amide bonds. The largest absolute Gasteiger partial charge is 0.327 e. The van der Waals surface area contributed by atoms with Gasteiger partial charge in [-0.05, 0) is 0 Å². The molecule has 0 fully saturated rings. The van der Waals surface area contributed by atoms with Gasteiger partial charge in [-0.25, -0.2) is 0 Å². The lowest BCUT2D eigenvalue weighted by atomic mass is 10.5. The molecule has 0 unspecified atom stereocenters. The van der Waals surface area contributed by atoms with Crippen molar-refractivity contribution in [3.8, 4) is 0 Å². The van der Waals surface area contributed by atoms with Crippen LogP contribution in [0.3, 0.4) is 0 Å². The molecule has 0 saturated carbocycles. The molecule has 0 aliphatic rings. The van der Waals surface area contributed by atoms with Crippen LogP contribution >= 0.6 is 12.4 Å². The van der Waals surface area contributed by atoms with E-state index in [-0.39, 0.29) is 12.4 Å². The third-order valence-corrected chi connectivity index (χ3v) is 0.744. The van der Waals surface area contributed by atoms with E-state index in [0.717, 1.165) is 13.1 Å². The van der Waals surface area contributed by atoms with Gasteiger partial charge in [0.05, 0.1) is 0 Å². The predicted octanol–water partition coefficient (Wildman–Crippen LogP) is 1.50. The summed E-state index contributed by atoms with van der Waals surface area (Å²) >= 11 is 0.